The van der Waals surface area contributed by atoms with Gasteiger partial charge in [-0.05, 0) is 72.1 Å². The van der Waals surface area contributed by atoms with E-state index in [0.717, 1.165) is 24.5 Å². The lowest BCUT2D eigenvalue weighted by Crippen LogP contribution is -2.44. The molecule has 0 radical (unpaired) electrons. The van der Waals surface area contributed by atoms with E-state index in [0.29, 0.717) is 18.4 Å². The molecule has 1 fully saturated rings. The quantitative estimate of drug-likeness (QED) is 0.905. The van der Waals surface area contributed by atoms with Crippen LogP contribution in [0.1, 0.15) is 56.6 Å². The van der Waals surface area contributed by atoms with E-state index in [1.807, 2.05) is 0 Å². The van der Waals surface area contributed by atoms with Crippen molar-refractivity contribution < 1.29 is 9.84 Å². The highest BCUT2D eigenvalue weighted by Gasteiger charge is 2.46. The SMILES string of the molecule is CC[C@H]1[C@@H]2CCc3cc(OC)ccc3[C@H]2CC[C@]1(C)CO. The average molecular weight is 288 g/mol. The van der Waals surface area contributed by atoms with E-state index in [-0.39, 0.29) is 5.41 Å². The van der Waals surface area contributed by atoms with E-state index in [1.54, 1.807) is 12.7 Å². The monoisotopic (exact) mass is 288 g/mol. The highest BCUT2D eigenvalue weighted by atomic mass is 16.5. The summed E-state index contributed by atoms with van der Waals surface area (Å²) in [7, 11) is 1.74. The number of aryl methyl sites for hydroxylation is 1. The molecule has 0 unspecified atom stereocenters. The highest BCUT2D eigenvalue weighted by molar-refractivity contribution is 5.40. The third-order valence-corrected chi connectivity index (χ3v) is 6.25. The lowest BCUT2D eigenvalue weighted by Gasteiger charge is -2.51. The van der Waals surface area contributed by atoms with Gasteiger partial charge in [-0.3, -0.25) is 0 Å². The molecule has 0 bridgehead atoms. The number of ether oxygens (including phenoxy) is 1. The van der Waals surface area contributed by atoms with Crippen molar-refractivity contribution in [3.8, 4) is 5.75 Å². The van der Waals surface area contributed by atoms with Gasteiger partial charge in [0, 0.05) is 6.61 Å². The van der Waals surface area contributed by atoms with Crippen LogP contribution in [0.15, 0.2) is 18.2 Å². The molecule has 0 amide bonds. The van der Waals surface area contributed by atoms with Gasteiger partial charge in [0.25, 0.3) is 0 Å². The van der Waals surface area contributed by atoms with Gasteiger partial charge >= 0.3 is 0 Å². The van der Waals surface area contributed by atoms with Crippen LogP contribution in [0.4, 0.5) is 0 Å². The Hall–Kier alpha value is -1.02. The van der Waals surface area contributed by atoms with Crippen LogP contribution in [-0.4, -0.2) is 18.8 Å². The van der Waals surface area contributed by atoms with Crippen LogP contribution < -0.4 is 4.74 Å². The molecule has 1 N–H and O–H groups in total. The molecule has 0 spiro atoms. The molecule has 0 saturated heterocycles. The second-order valence-electron chi connectivity index (χ2n) is 7.24. The lowest BCUT2D eigenvalue weighted by atomic mass is 9.54. The molecule has 1 aromatic carbocycles. The topological polar surface area (TPSA) is 29.5 Å². The van der Waals surface area contributed by atoms with Crippen molar-refractivity contribution in [2.45, 2.75) is 51.9 Å². The first-order chi connectivity index (χ1) is 10.1. The largest absolute Gasteiger partial charge is 0.497 e. The van der Waals surface area contributed by atoms with E-state index in [4.69, 9.17) is 4.74 Å². The van der Waals surface area contributed by atoms with Crippen LogP contribution in [0.2, 0.25) is 0 Å². The molecule has 0 heterocycles. The second-order valence-corrected chi connectivity index (χ2v) is 7.24. The Morgan fingerprint density at radius 1 is 1.33 bits per heavy atom. The molecule has 0 aromatic heterocycles. The van der Waals surface area contributed by atoms with Crippen molar-refractivity contribution >= 4 is 0 Å². The van der Waals surface area contributed by atoms with E-state index >= 15 is 0 Å². The fraction of sp³-hybridized carbons (Fsp3) is 0.684. The van der Waals surface area contributed by atoms with Crippen LogP contribution in [0.3, 0.4) is 0 Å². The summed E-state index contributed by atoms with van der Waals surface area (Å²) in [6.45, 7) is 4.93. The van der Waals surface area contributed by atoms with Gasteiger partial charge in [0.05, 0.1) is 7.11 Å². The van der Waals surface area contributed by atoms with Crippen LogP contribution in [0.25, 0.3) is 0 Å². The molecule has 116 valence electrons. The molecule has 3 rings (SSSR count). The zero-order chi connectivity index (χ0) is 15.0. The van der Waals surface area contributed by atoms with Crippen LogP contribution in [-0.2, 0) is 6.42 Å². The van der Waals surface area contributed by atoms with Gasteiger partial charge in [-0.25, -0.2) is 0 Å². The minimum absolute atomic E-state index is 0.125. The van der Waals surface area contributed by atoms with Gasteiger partial charge in [-0.2, -0.15) is 0 Å². The van der Waals surface area contributed by atoms with Gasteiger partial charge in [-0.15, -0.1) is 0 Å². The molecule has 1 aromatic rings. The number of aliphatic hydroxyl groups excluding tert-OH is 1. The summed E-state index contributed by atoms with van der Waals surface area (Å²) in [6, 6.07) is 6.63. The van der Waals surface area contributed by atoms with Crippen molar-refractivity contribution in [3.63, 3.8) is 0 Å². The molecule has 0 aliphatic heterocycles. The maximum absolute atomic E-state index is 9.89. The zero-order valence-electron chi connectivity index (χ0n) is 13.6. The van der Waals surface area contributed by atoms with Crippen molar-refractivity contribution in [2.75, 3.05) is 13.7 Å². The van der Waals surface area contributed by atoms with E-state index < -0.39 is 0 Å². The number of methoxy groups -OCH3 is 1. The van der Waals surface area contributed by atoms with Gasteiger partial charge in [-0.1, -0.05) is 26.3 Å². The Balaban J connectivity index is 1.93. The summed E-state index contributed by atoms with van der Waals surface area (Å²) in [5.74, 6) is 3.05. The third-order valence-electron chi connectivity index (χ3n) is 6.25. The number of benzene rings is 1. The molecule has 1 saturated carbocycles. The minimum Gasteiger partial charge on any atom is -0.497 e. The standard InChI is InChI=1S/C19H28O2/c1-4-18-17-7-5-13-11-14(21-3)6-8-15(13)16(17)9-10-19(18,2)12-20/h6,8,11,16-18,20H,4-5,7,9-10,12H2,1-3H3/t16-,17-,18+,19-/m1/s1. The minimum atomic E-state index is 0.125. The number of aliphatic hydroxyl groups is 1. The van der Waals surface area contributed by atoms with Crippen LogP contribution >= 0.6 is 0 Å². The summed E-state index contributed by atoms with van der Waals surface area (Å²) >= 11 is 0. The zero-order valence-corrected chi connectivity index (χ0v) is 13.6. The van der Waals surface area contributed by atoms with Gasteiger partial charge in [0.15, 0.2) is 0 Å². The van der Waals surface area contributed by atoms with E-state index in [2.05, 4.69) is 32.0 Å². The Morgan fingerprint density at radius 3 is 2.81 bits per heavy atom. The van der Waals surface area contributed by atoms with Crippen LogP contribution in [0, 0.1) is 17.3 Å². The molecule has 2 aliphatic carbocycles. The Labute approximate surface area is 128 Å². The number of rotatable bonds is 3. The molecule has 2 heteroatoms. The molecule has 2 nitrogen and oxygen atoms in total. The predicted octanol–water partition coefficient (Wildman–Crippen LogP) is 4.16. The molecular weight excluding hydrogens is 260 g/mol. The summed E-state index contributed by atoms with van der Waals surface area (Å²) < 4.78 is 5.38. The first-order valence-corrected chi connectivity index (χ1v) is 8.40. The van der Waals surface area contributed by atoms with Gasteiger partial charge in [0.2, 0.25) is 0 Å². The van der Waals surface area contributed by atoms with E-state index in [1.165, 1.54) is 24.8 Å². The third kappa shape index (κ3) is 2.38. The summed E-state index contributed by atoms with van der Waals surface area (Å²) in [5.41, 5.74) is 3.16. The predicted molar refractivity (Wildman–Crippen MR) is 85.8 cm³/mol. The summed E-state index contributed by atoms with van der Waals surface area (Å²) in [4.78, 5) is 0. The highest BCUT2D eigenvalue weighted by Crippen LogP contribution is 2.55. The normalized spacial score (nSPS) is 35.0. The fourth-order valence-corrected chi connectivity index (χ4v) is 5.07. The van der Waals surface area contributed by atoms with Crippen molar-refractivity contribution in [2.24, 2.45) is 17.3 Å². The fourth-order valence-electron chi connectivity index (χ4n) is 5.07. The maximum atomic E-state index is 9.89. The smallest absolute Gasteiger partial charge is 0.119 e. The van der Waals surface area contributed by atoms with Crippen LogP contribution in [0.5, 0.6) is 5.75 Å². The second kappa shape index (κ2) is 5.64. The van der Waals surface area contributed by atoms with Gasteiger partial charge in [0.1, 0.15) is 5.75 Å². The first-order valence-electron chi connectivity index (χ1n) is 8.40. The Bertz CT molecular complexity index is 510. The Morgan fingerprint density at radius 2 is 2.14 bits per heavy atom. The molecule has 21 heavy (non-hydrogen) atoms. The van der Waals surface area contributed by atoms with Crippen molar-refractivity contribution in [1.82, 2.24) is 0 Å². The maximum Gasteiger partial charge on any atom is 0.119 e. The number of fused-ring (bicyclic) bond motifs is 3. The summed E-state index contributed by atoms with van der Waals surface area (Å²) in [6.07, 6.45) is 5.97. The number of hydrogen-bond donors (Lipinski definition) is 1. The molecular formula is C19H28O2. The molecule has 4 atom stereocenters. The molecule has 2 aliphatic rings. The van der Waals surface area contributed by atoms with E-state index in [9.17, 15) is 5.11 Å². The number of hydrogen-bond acceptors (Lipinski definition) is 2. The first kappa shape index (κ1) is 14.9. The summed E-state index contributed by atoms with van der Waals surface area (Å²) in [5, 5.41) is 9.89. The van der Waals surface area contributed by atoms with Crippen molar-refractivity contribution in [1.29, 1.82) is 0 Å². The van der Waals surface area contributed by atoms with Gasteiger partial charge < -0.3 is 9.84 Å². The Kier molecular flexibility index (Phi) is 4.00. The average Bonchev–Trinajstić information content (AvgIpc) is 2.53. The van der Waals surface area contributed by atoms with Crippen molar-refractivity contribution in [3.05, 3.63) is 29.3 Å². The lowest BCUT2D eigenvalue weighted by molar-refractivity contribution is -0.0149.